The number of amides is 2. The molecule has 1 aromatic heterocycles. The van der Waals surface area contributed by atoms with Gasteiger partial charge in [0.1, 0.15) is 11.5 Å². The van der Waals surface area contributed by atoms with E-state index < -0.39 is 83.1 Å². The van der Waals surface area contributed by atoms with Crippen molar-refractivity contribution in [1.82, 2.24) is 10.6 Å². The first-order valence-electron chi connectivity index (χ1n) is 10.4. The van der Waals surface area contributed by atoms with E-state index in [1.165, 1.54) is 18.3 Å². The molecule has 1 aromatic carbocycles. The summed E-state index contributed by atoms with van der Waals surface area (Å²) < 4.78 is 134. The van der Waals surface area contributed by atoms with E-state index in [0.717, 1.165) is 0 Å². The average molecular weight is 614 g/mol. The van der Waals surface area contributed by atoms with Crippen molar-refractivity contribution in [1.29, 1.82) is 0 Å². The summed E-state index contributed by atoms with van der Waals surface area (Å²) in [5, 5.41) is 5.38. The lowest BCUT2D eigenvalue weighted by Gasteiger charge is -2.30. The van der Waals surface area contributed by atoms with Crippen LogP contribution in [0.25, 0.3) is 0 Å². The van der Waals surface area contributed by atoms with Crippen LogP contribution in [0.5, 0.6) is 0 Å². The van der Waals surface area contributed by atoms with E-state index in [2.05, 4.69) is 9.99 Å². The molecule has 3 rings (SSSR count). The van der Waals surface area contributed by atoms with Gasteiger partial charge in [-0.15, -0.1) is 11.3 Å². The molecule has 2 N–H and O–H groups in total. The zero-order valence-corrected chi connectivity index (χ0v) is 20.6. The lowest BCUT2D eigenvalue weighted by atomic mass is 9.86. The van der Waals surface area contributed by atoms with E-state index >= 15 is 0 Å². The van der Waals surface area contributed by atoms with Crippen LogP contribution in [0.15, 0.2) is 23.4 Å². The fourth-order valence-electron chi connectivity index (χ4n) is 3.42. The van der Waals surface area contributed by atoms with Crippen LogP contribution in [0.3, 0.4) is 0 Å². The van der Waals surface area contributed by atoms with Gasteiger partial charge in [-0.25, -0.2) is 17.6 Å². The van der Waals surface area contributed by atoms with Crippen LogP contribution in [0, 0.1) is 12.7 Å². The van der Waals surface area contributed by atoms with Gasteiger partial charge < -0.3 is 15.5 Å². The first-order valence-corrected chi connectivity index (χ1v) is 11.6. The summed E-state index contributed by atoms with van der Waals surface area (Å²) in [6, 6.07) is 1.22. The largest absolute Gasteiger partial charge is 0.435 e. The van der Waals surface area contributed by atoms with E-state index in [1.807, 2.05) is 5.32 Å². The fraction of sp³-hybridized carbons (Fsp3) is 0.381. The van der Waals surface area contributed by atoms with Crippen molar-refractivity contribution in [2.24, 2.45) is 5.16 Å². The monoisotopic (exact) mass is 613 g/mol. The Bertz CT molecular complexity index is 1310. The Hall–Kier alpha value is -3.08. The van der Waals surface area contributed by atoms with Crippen LogP contribution in [-0.4, -0.2) is 43.0 Å². The van der Waals surface area contributed by atoms with Crippen molar-refractivity contribution in [3.63, 3.8) is 0 Å². The SMILES string of the molecule is Cc1cc(C2=NO[C@@](c3cc(C(F)(F)F)cc(Cl)c3F)(C(F)(F)F)C2)sc1C(=O)NCC(=O)NC(F)C(F)F. The van der Waals surface area contributed by atoms with Crippen molar-refractivity contribution in [3.05, 3.63) is 55.5 Å². The molecule has 0 saturated heterocycles. The van der Waals surface area contributed by atoms with Gasteiger partial charge in [-0.2, -0.15) is 26.3 Å². The molecule has 214 valence electrons. The van der Waals surface area contributed by atoms with Crippen molar-refractivity contribution in [3.8, 4) is 0 Å². The van der Waals surface area contributed by atoms with Gasteiger partial charge in [0, 0.05) is 5.56 Å². The Morgan fingerprint density at radius 3 is 2.36 bits per heavy atom. The van der Waals surface area contributed by atoms with Crippen LogP contribution in [0.2, 0.25) is 5.02 Å². The molecular weight excluding hydrogens is 600 g/mol. The van der Waals surface area contributed by atoms with Crippen LogP contribution < -0.4 is 10.6 Å². The minimum atomic E-state index is -5.49. The first-order chi connectivity index (χ1) is 17.9. The van der Waals surface area contributed by atoms with Gasteiger partial charge in [-0.3, -0.25) is 9.59 Å². The summed E-state index contributed by atoms with van der Waals surface area (Å²) in [6.45, 7) is 0.415. The van der Waals surface area contributed by atoms with Crippen LogP contribution in [-0.2, 0) is 21.4 Å². The number of carbonyl (C=O) groups excluding carboxylic acids is 2. The predicted molar refractivity (Wildman–Crippen MR) is 117 cm³/mol. The summed E-state index contributed by atoms with van der Waals surface area (Å²) in [7, 11) is 0. The molecule has 39 heavy (non-hydrogen) atoms. The van der Waals surface area contributed by atoms with Gasteiger partial charge in [0.05, 0.1) is 33.3 Å². The standard InChI is InChI=1S/C21H14ClF10N3O3S/c1-7-2-12(39-15(7)18(37)33-6-13(36)34-17(26)16(24)25)11-5-19(38-35-11,21(30,31)32)9-3-8(20(27,28)29)4-10(22)14(9)23/h2-4,16-17H,5-6H2,1H3,(H,33,37)(H,34,36)/t17?,19-/m0/s1. The number of thiophene rings is 1. The molecule has 0 fully saturated rings. The number of carbonyl (C=O) groups is 2. The summed E-state index contributed by atoms with van der Waals surface area (Å²) in [4.78, 5) is 28.1. The van der Waals surface area contributed by atoms with Crippen LogP contribution in [0.4, 0.5) is 43.9 Å². The maximum absolute atomic E-state index is 14.7. The number of alkyl halides is 9. The lowest BCUT2D eigenvalue weighted by molar-refractivity contribution is -0.276. The van der Waals surface area contributed by atoms with Gasteiger partial charge >= 0.3 is 12.4 Å². The number of oxime groups is 1. The minimum Gasteiger partial charge on any atom is -0.374 e. The lowest BCUT2D eigenvalue weighted by Crippen LogP contribution is -2.43. The topological polar surface area (TPSA) is 79.8 Å². The molecule has 0 saturated carbocycles. The van der Waals surface area contributed by atoms with Crippen molar-refractivity contribution >= 4 is 40.5 Å². The average Bonchev–Trinajstić information content (AvgIpc) is 3.43. The first kappa shape index (κ1) is 30.5. The number of hydrogen-bond acceptors (Lipinski definition) is 5. The Morgan fingerprint density at radius 1 is 1.15 bits per heavy atom. The van der Waals surface area contributed by atoms with Crippen LogP contribution in [0.1, 0.15) is 37.7 Å². The molecule has 6 nitrogen and oxygen atoms in total. The van der Waals surface area contributed by atoms with Crippen molar-refractivity contribution in [2.45, 2.75) is 44.0 Å². The molecule has 2 heterocycles. The number of nitrogens with one attached hydrogen (secondary N) is 2. The highest BCUT2D eigenvalue weighted by Crippen LogP contribution is 2.51. The second kappa shape index (κ2) is 10.8. The Labute approximate surface area is 220 Å². The highest BCUT2D eigenvalue weighted by Gasteiger charge is 2.64. The van der Waals surface area contributed by atoms with E-state index in [4.69, 9.17) is 11.6 Å². The maximum Gasteiger partial charge on any atom is 0.435 e. The predicted octanol–water partition coefficient (Wildman–Crippen LogP) is 5.86. The number of hydrogen-bond donors (Lipinski definition) is 2. The highest BCUT2D eigenvalue weighted by atomic mass is 35.5. The van der Waals surface area contributed by atoms with Gasteiger partial charge in [0.15, 0.2) is 0 Å². The summed E-state index contributed by atoms with van der Waals surface area (Å²) in [5.41, 5.74) is -7.26. The Kier molecular flexibility index (Phi) is 8.46. The Balaban J connectivity index is 1.87. The molecule has 0 spiro atoms. The third kappa shape index (κ3) is 6.23. The normalized spacial score (nSPS) is 18.5. The number of nitrogens with zero attached hydrogens (tertiary/aromatic N) is 1. The molecule has 0 aliphatic carbocycles. The smallest absolute Gasteiger partial charge is 0.374 e. The zero-order valence-electron chi connectivity index (χ0n) is 19.0. The molecule has 0 bridgehead atoms. The summed E-state index contributed by atoms with van der Waals surface area (Å²) >= 11 is 6.00. The third-order valence-electron chi connectivity index (χ3n) is 5.31. The molecule has 0 radical (unpaired) electrons. The molecular formula is C21H14ClF10N3O3S. The third-order valence-corrected chi connectivity index (χ3v) is 6.87. The number of aryl methyl sites for hydroxylation is 1. The molecule has 2 aromatic rings. The van der Waals surface area contributed by atoms with Crippen molar-refractivity contribution in [2.75, 3.05) is 6.54 Å². The minimum absolute atomic E-state index is 0.0766. The maximum atomic E-state index is 14.7. The number of benzene rings is 1. The Morgan fingerprint density at radius 2 is 1.79 bits per heavy atom. The zero-order chi connectivity index (χ0) is 29.5. The van der Waals surface area contributed by atoms with E-state index in [0.29, 0.717) is 11.3 Å². The van der Waals surface area contributed by atoms with Gasteiger partial charge in [0.25, 0.3) is 17.9 Å². The van der Waals surface area contributed by atoms with Crippen LogP contribution >= 0.6 is 22.9 Å². The second-order valence-electron chi connectivity index (χ2n) is 8.06. The fourth-order valence-corrected chi connectivity index (χ4v) is 4.71. The summed E-state index contributed by atoms with van der Waals surface area (Å²) in [6.07, 6.45) is -18.4. The molecule has 1 aliphatic rings. The highest BCUT2D eigenvalue weighted by molar-refractivity contribution is 7.16. The molecule has 18 heteroatoms. The van der Waals surface area contributed by atoms with Crippen molar-refractivity contribution < 1.29 is 58.3 Å². The molecule has 2 atom stereocenters. The summed E-state index contributed by atoms with van der Waals surface area (Å²) in [5.74, 6) is -4.08. The van der Waals surface area contributed by atoms with E-state index in [1.54, 1.807) is 0 Å². The van der Waals surface area contributed by atoms with Gasteiger partial charge in [0.2, 0.25) is 12.2 Å². The number of halogens is 11. The number of rotatable bonds is 7. The van der Waals surface area contributed by atoms with Gasteiger partial charge in [-0.1, -0.05) is 16.8 Å². The second-order valence-corrected chi connectivity index (χ2v) is 9.52. The molecule has 1 aliphatic heterocycles. The quantitative estimate of drug-likeness (QED) is 0.304. The molecule has 2 amide bonds. The van der Waals surface area contributed by atoms with E-state index in [9.17, 15) is 53.5 Å². The van der Waals surface area contributed by atoms with E-state index in [-0.39, 0.29) is 27.5 Å². The van der Waals surface area contributed by atoms with Gasteiger partial charge in [-0.05, 0) is 30.7 Å². The molecule has 1 unspecified atom stereocenters.